The number of rotatable bonds is 7. The molecule has 2 rings (SSSR count). The van der Waals surface area contributed by atoms with Crippen molar-refractivity contribution in [2.45, 2.75) is 26.4 Å². The molecule has 0 saturated heterocycles. The van der Waals surface area contributed by atoms with Crippen LogP contribution in [0, 0.1) is 0 Å². The van der Waals surface area contributed by atoms with Crippen LogP contribution in [-0.2, 0) is 13.1 Å². The summed E-state index contributed by atoms with van der Waals surface area (Å²) >= 11 is 3.51. The van der Waals surface area contributed by atoms with Gasteiger partial charge < -0.3 is 10.2 Å². The molecule has 0 aliphatic rings. The van der Waals surface area contributed by atoms with Crippen LogP contribution in [0.1, 0.15) is 24.6 Å². The van der Waals surface area contributed by atoms with Crippen LogP contribution in [-0.4, -0.2) is 18.6 Å². The molecule has 4 heteroatoms. The number of aromatic nitrogens is 1. The van der Waals surface area contributed by atoms with Gasteiger partial charge in [0.2, 0.25) is 0 Å². The molecule has 0 aliphatic carbocycles. The smallest absolute Gasteiger partial charge is 0.128 e. The Labute approximate surface area is 135 Å². The van der Waals surface area contributed by atoms with Crippen molar-refractivity contribution in [3.8, 4) is 0 Å². The van der Waals surface area contributed by atoms with Crippen LogP contribution >= 0.6 is 15.9 Å². The average molecular weight is 348 g/mol. The molecule has 1 aromatic heterocycles. The summed E-state index contributed by atoms with van der Waals surface area (Å²) in [5.41, 5.74) is 2.35. The predicted octanol–water partition coefficient (Wildman–Crippen LogP) is 3.98. The molecule has 0 unspecified atom stereocenters. The van der Waals surface area contributed by atoms with E-state index in [4.69, 9.17) is 4.98 Å². The Bertz CT molecular complexity index is 571. The Morgan fingerprint density at radius 3 is 2.76 bits per heavy atom. The molecule has 3 nitrogen and oxygen atoms in total. The number of hydrogen-bond acceptors (Lipinski definition) is 3. The lowest BCUT2D eigenvalue weighted by atomic mass is 10.2. The van der Waals surface area contributed by atoms with Crippen LogP contribution in [0.2, 0.25) is 0 Å². The van der Waals surface area contributed by atoms with E-state index in [1.54, 1.807) is 0 Å². The van der Waals surface area contributed by atoms with E-state index < -0.39 is 0 Å². The molecule has 1 N–H and O–H groups in total. The first-order valence-electron chi connectivity index (χ1n) is 7.31. The molecule has 1 aromatic carbocycles. The van der Waals surface area contributed by atoms with Gasteiger partial charge in [-0.3, -0.25) is 0 Å². The van der Waals surface area contributed by atoms with E-state index in [9.17, 15) is 0 Å². The van der Waals surface area contributed by atoms with Gasteiger partial charge in [0.15, 0.2) is 0 Å². The monoisotopic (exact) mass is 347 g/mol. The SMILES string of the molecule is CCCNCc1cccc(N(C)Cc2cccc(Br)c2)n1. The van der Waals surface area contributed by atoms with E-state index in [1.165, 1.54) is 5.56 Å². The van der Waals surface area contributed by atoms with Crippen LogP contribution in [0.3, 0.4) is 0 Å². The Kier molecular flexibility index (Phi) is 6.21. The molecule has 112 valence electrons. The van der Waals surface area contributed by atoms with Crippen molar-refractivity contribution in [1.29, 1.82) is 0 Å². The van der Waals surface area contributed by atoms with Crippen LogP contribution < -0.4 is 10.2 Å². The molecule has 2 aromatic rings. The van der Waals surface area contributed by atoms with Crippen molar-refractivity contribution in [3.63, 3.8) is 0 Å². The fraction of sp³-hybridized carbons (Fsp3) is 0.353. The van der Waals surface area contributed by atoms with Crippen LogP contribution in [0.4, 0.5) is 5.82 Å². The highest BCUT2D eigenvalue weighted by atomic mass is 79.9. The molecule has 0 atom stereocenters. The zero-order chi connectivity index (χ0) is 15.1. The highest BCUT2D eigenvalue weighted by Gasteiger charge is 2.05. The Morgan fingerprint density at radius 2 is 2.00 bits per heavy atom. The molecule has 0 aliphatic heterocycles. The maximum Gasteiger partial charge on any atom is 0.128 e. The summed E-state index contributed by atoms with van der Waals surface area (Å²) in [5.74, 6) is 1.01. The number of hydrogen-bond donors (Lipinski definition) is 1. The number of benzene rings is 1. The van der Waals surface area contributed by atoms with E-state index in [0.29, 0.717) is 0 Å². The van der Waals surface area contributed by atoms with E-state index in [-0.39, 0.29) is 0 Å². The van der Waals surface area contributed by atoms with Crippen LogP contribution in [0.15, 0.2) is 46.9 Å². The summed E-state index contributed by atoms with van der Waals surface area (Å²) in [5, 5.41) is 3.39. The number of nitrogens with zero attached hydrogens (tertiary/aromatic N) is 2. The highest BCUT2D eigenvalue weighted by molar-refractivity contribution is 9.10. The second kappa shape index (κ2) is 8.15. The third-order valence-corrected chi connectivity index (χ3v) is 3.72. The first-order chi connectivity index (χ1) is 10.2. The van der Waals surface area contributed by atoms with Crippen LogP contribution in [0.5, 0.6) is 0 Å². The minimum absolute atomic E-state index is 0.826. The number of pyridine rings is 1. The first kappa shape index (κ1) is 16.0. The summed E-state index contributed by atoms with van der Waals surface area (Å²) in [6.07, 6.45) is 1.14. The normalized spacial score (nSPS) is 10.6. The second-order valence-corrected chi connectivity index (χ2v) is 6.07. The fourth-order valence-corrected chi connectivity index (χ4v) is 2.61. The van der Waals surface area contributed by atoms with E-state index in [1.807, 2.05) is 6.07 Å². The molecule has 0 saturated carbocycles. The third-order valence-electron chi connectivity index (χ3n) is 3.22. The fourth-order valence-electron chi connectivity index (χ4n) is 2.16. The quantitative estimate of drug-likeness (QED) is 0.767. The minimum Gasteiger partial charge on any atom is -0.355 e. The highest BCUT2D eigenvalue weighted by Crippen LogP contribution is 2.16. The molecule has 0 spiro atoms. The molecule has 0 fully saturated rings. The van der Waals surface area contributed by atoms with E-state index >= 15 is 0 Å². The van der Waals surface area contributed by atoms with Gasteiger partial charge in [-0.1, -0.05) is 41.1 Å². The largest absolute Gasteiger partial charge is 0.355 e. The van der Waals surface area contributed by atoms with Crippen molar-refractivity contribution < 1.29 is 0 Å². The van der Waals surface area contributed by atoms with E-state index in [0.717, 1.165) is 42.0 Å². The topological polar surface area (TPSA) is 28.2 Å². The average Bonchev–Trinajstić information content (AvgIpc) is 2.48. The summed E-state index contributed by atoms with van der Waals surface area (Å²) < 4.78 is 1.11. The second-order valence-electron chi connectivity index (χ2n) is 5.15. The standard InChI is InChI=1S/C17H22BrN3/c1-3-10-19-12-16-8-5-9-17(20-16)21(2)13-14-6-4-7-15(18)11-14/h4-9,11,19H,3,10,12-13H2,1-2H3. The van der Waals surface area contributed by atoms with Gasteiger partial charge in [0.25, 0.3) is 0 Å². The number of anilines is 1. The van der Waals surface area contributed by atoms with Gasteiger partial charge in [0.05, 0.1) is 5.69 Å². The van der Waals surface area contributed by atoms with Crippen molar-refractivity contribution in [3.05, 3.63) is 58.2 Å². The zero-order valence-corrected chi connectivity index (χ0v) is 14.2. The Hall–Kier alpha value is -1.39. The lowest BCUT2D eigenvalue weighted by molar-refractivity contribution is 0.663. The lowest BCUT2D eigenvalue weighted by Crippen LogP contribution is -2.19. The first-order valence-corrected chi connectivity index (χ1v) is 8.10. The molecule has 21 heavy (non-hydrogen) atoms. The summed E-state index contributed by atoms with van der Waals surface area (Å²) in [6.45, 7) is 4.87. The molecular formula is C17H22BrN3. The Morgan fingerprint density at radius 1 is 1.19 bits per heavy atom. The van der Waals surface area contributed by atoms with Gasteiger partial charge in [-0.05, 0) is 42.8 Å². The minimum atomic E-state index is 0.826. The molecule has 1 heterocycles. The van der Waals surface area contributed by atoms with Gasteiger partial charge in [0, 0.05) is 24.6 Å². The number of nitrogens with one attached hydrogen (secondary N) is 1. The van der Waals surface area contributed by atoms with Crippen molar-refractivity contribution >= 4 is 21.7 Å². The predicted molar refractivity (Wildman–Crippen MR) is 92.5 cm³/mol. The van der Waals surface area contributed by atoms with Crippen LogP contribution in [0.25, 0.3) is 0 Å². The van der Waals surface area contributed by atoms with Gasteiger partial charge in [-0.15, -0.1) is 0 Å². The zero-order valence-electron chi connectivity index (χ0n) is 12.6. The summed E-state index contributed by atoms with van der Waals surface area (Å²) in [6, 6.07) is 14.6. The Balaban J connectivity index is 2.01. The molecule has 0 amide bonds. The third kappa shape index (κ3) is 5.14. The van der Waals surface area contributed by atoms with Gasteiger partial charge >= 0.3 is 0 Å². The molecular weight excluding hydrogens is 326 g/mol. The molecule has 0 radical (unpaired) electrons. The van der Waals surface area contributed by atoms with Crippen molar-refractivity contribution in [2.24, 2.45) is 0 Å². The van der Waals surface area contributed by atoms with Gasteiger partial charge in [0.1, 0.15) is 5.82 Å². The van der Waals surface area contributed by atoms with Gasteiger partial charge in [-0.2, -0.15) is 0 Å². The lowest BCUT2D eigenvalue weighted by Gasteiger charge is -2.19. The molecule has 0 bridgehead atoms. The maximum atomic E-state index is 4.71. The maximum absolute atomic E-state index is 4.71. The van der Waals surface area contributed by atoms with Gasteiger partial charge in [-0.25, -0.2) is 4.98 Å². The van der Waals surface area contributed by atoms with E-state index in [2.05, 4.69) is 76.5 Å². The number of halogens is 1. The van der Waals surface area contributed by atoms with Crippen molar-refractivity contribution in [2.75, 3.05) is 18.5 Å². The summed E-state index contributed by atoms with van der Waals surface area (Å²) in [7, 11) is 2.08. The summed E-state index contributed by atoms with van der Waals surface area (Å²) in [4.78, 5) is 6.89. The van der Waals surface area contributed by atoms with Crippen molar-refractivity contribution in [1.82, 2.24) is 10.3 Å².